The number of rotatable bonds is 6. The predicted octanol–water partition coefficient (Wildman–Crippen LogP) is 3.00. The van der Waals surface area contributed by atoms with Crippen LogP contribution in [0.2, 0.25) is 0 Å². The molecule has 1 heterocycles. The molecule has 0 bridgehead atoms. The zero-order chi connectivity index (χ0) is 15.4. The highest BCUT2D eigenvalue weighted by molar-refractivity contribution is 9.10. The third-order valence-electron chi connectivity index (χ3n) is 3.68. The minimum atomic E-state index is 0.123. The van der Waals surface area contributed by atoms with Crippen molar-refractivity contribution in [1.82, 2.24) is 9.78 Å². The van der Waals surface area contributed by atoms with Gasteiger partial charge in [-0.05, 0) is 53.4 Å². The van der Waals surface area contributed by atoms with Crippen molar-refractivity contribution in [3.8, 4) is 5.75 Å². The number of halogens is 1. The predicted molar refractivity (Wildman–Crippen MR) is 88.6 cm³/mol. The topological polar surface area (TPSA) is 53.1 Å². The van der Waals surface area contributed by atoms with Gasteiger partial charge in [-0.3, -0.25) is 4.68 Å². The summed E-state index contributed by atoms with van der Waals surface area (Å²) in [6.45, 7) is 2.00. The molecule has 0 saturated carbocycles. The molecular weight excluding hydrogens is 330 g/mol. The van der Waals surface area contributed by atoms with Crippen LogP contribution in [0, 0.1) is 6.92 Å². The van der Waals surface area contributed by atoms with Crippen LogP contribution in [-0.4, -0.2) is 22.9 Å². The van der Waals surface area contributed by atoms with E-state index in [4.69, 9.17) is 10.5 Å². The van der Waals surface area contributed by atoms with Crippen LogP contribution in [0.3, 0.4) is 0 Å². The van der Waals surface area contributed by atoms with E-state index in [2.05, 4.69) is 33.2 Å². The lowest BCUT2D eigenvalue weighted by molar-refractivity contribution is 0.414. The molecule has 1 aromatic heterocycles. The molecule has 2 N–H and O–H groups in total. The summed E-state index contributed by atoms with van der Waals surface area (Å²) >= 11 is 3.59. The fourth-order valence-corrected chi connectivity index (χ4v) is 2.89. The number of methoxy groups -OCH3 is 1. The first-order chi connectivity index (χ1) is 10.0. The number of aryl methyl sites for hydroxylation is 3. The molecule has 2 rings (SSSR count). The van der Waals surface area contributed by atoms with Crippen molar-refractivity contribution >= 4 is 15.9 Å². The van der Waals surface area contributed by atoms with Crippen LogP contribution in [0.1, 0.15) is 23.4 Å². The Morgan fingerprint density at radius 3 is 2.52 bits per heavy atom. The molecule has 1 atom stereocenters. The van der Waals surface area contributed by atoms with Gasteiger partial charge in [-0.25, -0.2) is 0 Å². The number of hydrogen-bond acceptors (Lipinski definition) is 3. The maximum absolute atomic E-state index is 6.27. The highest BCUT2D eigenvalue weighted by Gasteiger charge is 2.14. The summed E-state index contributed by atoms with van der Waals surface area (Å²) in [6.07, 6.45) is 2.75. The third-order valence-corrected chi connectivity index (χ3v) is 4.71. The van der Waals surface area contributed by atoms with Crippen molar-refractivity contribution in [2.24, 2.45) is 12.8 Å². The number of benzene rings is 1. The van der Waals surface area contributed by atoms with E-state index < -0.39 is 0 Å². The van der Waals surface area contributed by atoms with Crippen LogP contribution in [0.15, 0.2) is 28.7 Å². The van der Waals surface area contributed by atoms with Gasteiger partial charge < -0.3 is 10.5 Å². The molecule has 4 nitrogen and oxygen atoms in total. The second-order valence-corrected chi connectivity index (χ2v) is 6.11. The van der Waals surface area contributed by atoms with Crippen LogP contribution in [0.25, 0.3) is 0 Å². The number of ether oxygens (including phenoxy) is 1. The fraction of sp³-hybridized carbons (Fsp3) is 0.438. The summed E-state index contributed by atoms with van der Waals surface area (Å²) in [5.74, 6) is 0.886. The number of aromatic nitrogens is 2. The molecule has 1 aromatic carbocycles. The Hall–Kier alpha value is -1.33. The molecule has 0 amide bonds. The Kier molecular flexibility index (Phi) is 5.42. The van der Waals surface area contributed by atoms with Crippen molar-refractivity contribution in [2.75, 3.05) is 7.11 Å². The average molecular weight is 352 g/mol. The highest BCUT2D eigenvalue weighted by Crippen LogP contribution is 2.22. The first-order valence-corrected chi connectivity index (χ1v) is 7.87. The summed E-state index contributed by atoms with van der Waals surface area (Å²) in [5, 5.41) is 4.40. The molecule has 0 aliphatic rings. The van der Waals surface area contributed by atoms with E-state index in [0.717, 1.165) is 40.9 Å². The summed E-state index contributed by atoms with van der Waals surface area (Å²) in [7, 11) is 3.64. The molecule has 5 heteroatoms. The SMILES string of the molecule is COc1ccc(CCC(N)Cc2c(Br)c(C)nn2C)cc1. The second kappa shape index (κ2) is 7.09. The maximum Gasteiger partial charge on any atom is 0.118 e. The standard InChI is InChI=1S/C16H22BrN3O/c1-11-16(17)15(20(2)19-11)10-13(18)7-4-12-5-8-14(21-3)9-6-12/h5-6,8-9,13H,4,7,10,18H2,1-3H3. The van der Waals surface area contributed by atoms with E-state index >= 15 is 0 Å². The molecule has 0 saturated heterocycles. The number of hydrogen-bond donors (Lipinski definition) is 1. The van der Waals surface area contributed by atoms with Crippen molar-refractivity contribution in [2.45, 2.75) is 32.2 Å². The zero-order valence-corrected chi connectivity index (χ0v) is 14.4. The lowest BCUT2D eigenvalue weighted by Crippen LogP contribution is -2.25. The van der Waals surface area contributed by atoms with Gasteiger partial charge in [-0.2, -0.15) is 5.10 Å². The lowest BCUT2D eigenvalue weighted by Gasteiger charge is -2.12. The van der Waals surface area contributed by atoms with Crippen LogP contribution in [-0.2, 0) is 19.9 Å². The molecule has 0 aliphatic carbocycles. The van der Waals surface area contributed by atoms with Crippen molar-refractivity contribution < 1.29 is 4.74 Å². The normalized spacial score (nSPS) is 12.4. The summed E-state index contributed by atoms with van der Waals surface area (Å²) < 4.78 is 8.15. The van der Waals surface area contributed by atoms with E-state index in [0.29, 0.717) is 0 Å². The third kappa shape index (κ3) is 4.08. The van der Waals surface area contributed by atoms with Gasteiger partial charge in [0.15, 0.2) is 0 Å². The zero-order valence-electron chi connectivity index (χ0n) is 12.8. The number of nitrogens with two attached hydrogens (primary N) is 1. The summed E-state index contributed by atoms with van der Waals surface area (Å²) in [4.78, 5) is 0. The van der Waals surface area contributed by atoms with Crippen LogP contribution >= 0.6 is 15.9 Å². The molecule has 0 spiro atoms. The van der Waals surface area contributed by atoms with E-state index in [9.17, 15) is 0 Å². The molecule has 0 radical (unpaired) electrons. The largest absolute Gasteiger partial charge is 0.497 e. The Balaban J connectivity index is 1.90. The van der Waals surface area contributed by atoms with Crippen LogP contribution in [0.4, 0.5) is 0 Å². The quantitative estimate of drug-likeness (QED) is 0.870. The van der Waals surface area contributed by atoms with E-state index in [1.165, 1.54) is 5.56 Å². The average Bonchev–Trinajstić information content (AvgIpc) is 2.72. The molecule has 2 aromatic rings. The monoisotopic (exact) mass is 351 g/mol. The lowest BCUT2D eigenvalue weighted by atomic mass is 10.0. The van der Waals surface area contributed by atoms with E-state index in [-0.39, 0.29) is 6.04 Å². The first-order valence-electron chi connectivity index (χ1n) is 7.07. The van der Waals surface area contributed by atoms with E-state index in [1.807, 2.05) is 30.8 Å². The first kappa shape index (κ1) is 16.0. The van der Waals surface area contributed by atoms with Crippen molar-refractivity contribution in [3.05, 3.63) is 45.7 Å². The van der Waals surface area contributed by atoms with Gasteiger partial charge in [0.25, 0.3) is 0 Å². The van der Waals surface area contributed by atoms with Gasteiger partial charge in [-0.1, -0.05) is 12.1 Å². The van der Waals surface area contributed by atoms with Gasteiger partial charge >= 0.3 is 0 Å². The molecule has 114 valence electrons. The molecule has 0 aliphatic heterocycles. The van der Waals surface area contributed by atoms with E-state index in [1.54, 1.807) is 7.11 Å². The molecule has 1 unspecified atom stereocenters. The van der Waals surface area contributed by atoms with Gasteiger partial charge in [-0.15, -0.1) is 0 Å². The van der Waals surface area contributed by atoms with Gasteiger partial charge in [0, 0.05) is 19.5 Å². The summed E-state index contributed by atoms with van der Waals surface area (Å²) in [5.41, 5.74) is 9.72. The molecular formula is C16H22BrN3O. The Bertz CT molecular complexity index is 592. The minimum Gasteiger partial charge on any atom is -0.497 e. The Morgan fingerprint density at radius 1 is 1.33 bits per heavy atom. The second-order valence-electron chi connectivity index (χ2n) is 5.32. The van der Waals surface area contributed by atoms with Crippen molar-refractivity contribution in [3.63, 3.8) is 0 Å². The Labute approximate surface area is 134 Å². The number of nitrogens with zero attached hydrogens (tertiary/aromatic N) is 2. The van der Waals surface area contributed by atoms with Gasteiger partial charge in [0.05, 0.1) is 23.0 Å². The summed E-state index contributed by atoms with van der Waals surface area (Å²) in [6, 6.07) is 8.29. The van der Waals surface area contributed by atoms with Gasteiger partial charge in [0.1, 0.15) is 5.75 Å². The van der Waals surface area contributed by atoms with Crippen LogP contribution in [0.5, 0.6) is 5.75 Å². The van der Waals surface area contributed by atoms with Gasteiger partial charge in [0.2, 0.25) is 0 Å². The minimum absolute atomic E-state index is 0.123. The van der Waals surface area contributed by atoms with Crippen molar-refractivity contribution in [1.29, 1.82) is 0 Å². The van der Waals surface area contributed by atoms with Crippen LogP contribution < -0.4 is 10.5 Å². The smallest absolute Gasteiger partial charge is 0.118 e. The maximum atomic E-state index is 6.27. The highest BCUT2D eigenvalue weighted by atomic mass is 79.9. The molecule has 0 fully saturated rings. The Morgan fingerprint density at radius 2 is 2.00 bits per heavy atom. The molecule has 21 heavy (non-hydrogen) atoms. The fourth-order valence-electron chi connectivity index (χ4n) is 2.40.